The van der Waals surface area contributed by atoms with Gasteiger partial charge in [0, 0.05) is 45.5 Å². The van der Waals surface area contributed by atoms with E-state index in [1.807, 2.05) is 11.6 Å². The number of hydrogen-bond acceptors (Lipinski definition) is 4. The molecule has 150 valence electrons. The molecule has 2 rings (SSSR count). The van der Waals surface area contributed by atoms with Crippen LogP contribution >= 0.6 is 24.0 Å². The summed E-state index contributed by atoms with van der Waals surface area (Å²) in [5.41, 5.74) is 2.56. The quantitative estimate of drug-likeness (QED) is 0.235. The first-order valence-electron chi connectivity index (χ1n) is 9.31. The molecule has 2 N–H and O–H groups in total. The van der Waals surface area contributed by atoms with Crippen LogP contribution in [0.3, 0.4) is 0 Å². The van der Waals surface area contributed by atoms with Crippen LogP contribution in [0.15, 0.2) is 41.9 Å². The first-order chi connectivity index (χ1) is 12.7. The van der Waals surface area contributed by atoms with Crippen LogP contribution in [0.1, 0.15) is 25.3 Å². The molecule has 0 bridgehead atoms. The van der Waals surface area contributed by atoms with Gasteiger partial charge in [0.25, 0.3) is 0 Å². The lowest BCUT2D eigenvalue weighted by molar-refractivity contribution is 0.597. The molecule has 27 heavy (non-hydrogen) atoms. The van der Waals surface area contributed by atoms with Crippen LogP contribution in [0.4, 0.5) is 5.69 Å². The number of rotatable bonds is 10. The Morgan fingerprint density at radius 2 is 1.89 bits per heavy atom. The Kier molecular flexibility index (Phi) is 11.5. The topological polar surface area (TPSA) is 70.4 Å². The first kappa shape index (κ1) is 23.2. The summed E-state index contributed by atoms with van der Waals surface area (Å²) < 4.78 is 2.00. The summed E-state index contributed by atoms with van der Waals surface area (Å²) in [6, 6.07) is 8.64. The zero-order valence-corrected chi connectivity index (χ0v) is 18.9. The van der Waals surface area contributed by atoms with Gasteiger partial charge in [-0.25, -0.2) is 0 Å². The molecule has 0 spiro atoms. The Morgan fingerprint density at radius 3 is 2.56 bits per heavy atom. The number of unbranched alkanes of at least 4 members (excludes halogenated alkanes) is 1. The van der Waals surface area contributed by atoms with Crippen molar-refractivity contribution in [2.75, 3.05) is 38.1 Å². The number of benzene rings is 1. The van der Waals surface area contributed by atoms with E-state index in [0.29, 0.717) is 0 Å². The molecule has 1 heterocycles. The zero-order chi connectivity index (χ0) is 18.6. The lowest BCUT2D eigenvalue weighted by atomic mass is 10.2. The van der Waals surface area contributed by atoms with Gasteiger partial charge < -0.3 is 20.1 Å². The summed E-state index contributed by atoms with van der Waals surface area (Å²) in [7, 11) is 1.81. The van der Waals surface area contributed by atoms with Crippen LogP contribution in [0.25, 0.3) is 0 Å². The van der Waals surface area contributed by atoms with E-state index in [9.17, 15) is 0 Å². The largest absolute Gasteiger partial charge is 0.370 e. The van der Waals surface area contributed by atoms with Crippen LogP contribution in [0, 0.1) is 6.92 Å². The standard InChI is InChI=1S/C19H31N7.HI/c1-4-26(18-9-7-8-17(2)14-18)13-11-22-19(20-3)21-10-5-6-12-25-15-23-24-16-25;/h7-9,14-16H,4-6,10-13H2,1-3H3,(H2,20,21,22);1H. The van der Waals surface area contributed by atoms with Crippen molar-refractivity contribution >= 4 is 35.6 Å². The molecule has 0 atom stereocenters. The van der Waals surface area contributed by atoms with E-state index in [-0.39, 0.29) is 24.0 Å². The fourth-order valence-electron chi connectivity index (χ4n) is 2.79. The van der Waals surface area contributed by atoms with Gasteiger partial charge in [-0.15, -0.1) is 34.2 Å². The molecule has 2 aromatic rings. The summed E-state index contributed by atoms with van der Waals surface area (Å²) in [5.74, 6) is 0.856. The smallest absolute Gasteiger partial charge is 0.191 e. The van der Waals surface area contributed by atoms with E-state index in [4.69, 9.17) is 0 Å². The highest BCUT2D eigenvalue weighted by molar-refractivity contribution is 14.0. The van der Waals surface area contributed by atoms with Crippen LogP contribution in [-0.2, 0) is 6.54 Å². The molecule has 1 aromatic heterocycles. The van der Waals surface area contributed by atoms with E-state index in [0.717, 1.165) is 51.5 Å². The minimum Gasteiger partial charge on any atom is -0.370 e. The van der Waals surface area contributed by atoms with Crippen LogP contribution in [0.2, 0.25) is 0 Å². The second-order valence-corrected chi connectivity index (χ2v) is 6.25. The Hall–Kier alpha value is -1.84. The maximum atomic E-state index is 4.30. The van der Waals surface area contributed by atoms with E-state index in [2.05, 4.69) is 68.8 Å². The van der Waals surface area contributed by atoms with E-state index >= 15 is 0 Å². The summed E-state index contributed by atoms with van der Waals surface area (Å²) in [4.78, 5) is 6.66. The second kappa shape index (κ2) is 13.3. The highest BCUT2D eigenvalue weighted by Gasteiger charge is 2.05. The molecule has 0 fully saturated rings. The van der Waals surface area contributed by atoms with Gasteiger partial charge in [-0.2, -0.15) is 0 Å². The number of guanidine groups is 1. The number of aliphatic imine (C=N–C) groups is 1. The first-order valence-corrected chi connectivity index (χ1v) is 9.31. The van der Waals surface area contributed by atoms with Gasteiger partial charge in [-0.3, -0.25) is 4.99 Å². The van der Waals surface area contributed by atoms with Gasteiger partial charge in [-0.1, -0.05) is 12.1 Å². The molecule has 7 nitrogen and oxygen atoms in total. The average Bonchev–Trinajstić information content (AvgIpc) is 3.16. The predicted molar refractivity (Wildman–Crippen MR) is 123 cm³/mol. The van der Waals surface area contributed by atoms with Crippen LogP contribution in [0.5, 0.6) is 0 Å². The molecule has 0 aliphatic rings. The van der Waals surface area contributed by atoms with E-state index in [1.54, 1.807) is 12.7 Å². The van der Waals surface area contributed by atoms with Gasteiger partial charge in [0.05, 0.1) is 0 Å². The Balaban J connectivity index is 0.00000364. The van der Waals surface area contributed by atoms with Crippen molar-refractivity contribution in [1.29, 1.82) is 0 Å². The molecule has 8 heteroatoms. The number of anilines is 1. The number of aryl methyl sites for hydroxylation is 2. The van der Waals surface area contributed by atoms with Gasteiger partial charge in [-0.05, 0) is 44.4 Å². The Morgan fingerprint density at radius 1 is 1.15 bits per heavy atom. The highest BCUT2D eigenvalue weighted by atomic mass is 127. The van der Waals surface area contributed by atoms with Crippen molar-refractivity contribution < 1.29 is 0 Å². The zero-order valence-electron chi connectivity index (χ0n) is 16.6. The maximum Gasteiger partial charge on any atom is 0.191 e. The fraction of sp³-hybridized carbons (Fsp3) is 0.526. The van der Waals surface area contributed by atoms with E-state index in [1.165, 1.54) is 11.3 Å². The lowest BCUT2D eigenvalue weighted by Crippen LogP contribution is -2.42. The molecule has 0 saturated carbocycles. The molecule has 0 radical (unpaired) electrons. The summed E-state index contributed by atoms with van der Waals surface area (Å²) in [6.07, 6.45) is 5.66. The monoisotopic (exact) mass is 485 g/mol. The van der Waals surface area contributed by atoms with Crippen molar-refractivity contribution in [2.45, 2.75) is 33.2 Å². The normalized spacial score (nSPS) is 11.0. The molecule has 0 amide bonds. The fourth-order valence-corrected chi connectivity index (χ4v) is 2.79. The van der Waals surface area contributed by atoms with Crippen molar-refractivity contribution in [3.63, 3.8) is 0 Å². The third-order valence-corrected chi connectivity index (χ3v) is 4.25. The summed E-state index contributed by atoms with van der Waals surface area (Å²) in [5, 5.41) is 14.4. The number of halogens is 1. The molecule has 0 aliphatic carbocycles. The van der Waals surface area contributed by atoms with Crippen LogP contribution < -0.4 is 15.5 Å². The van der Waals surface area contributed by atoms with Gasteiger partial charge in [0.1, 0.15) is 12.7 Å². The third-order valence-electron chi connectivity index (χ3n) is 4.25. The molecular formula is C19H32IN7. The Bertz CT molecular complexity index is 658. The number of nitrogens with zero attached hydrogens (tertiary/aromatic N) is 5. The number of aromatic nitrogens is 3. The van der Waals surface area contributed by atoms with Gasteiger partial charge in [0.15, 0.2) is 5.96 Å². The number of hydrogen-bond donors (Lipinski definition) is 2. The van der Waals surface area contributed by atoms with Gasteiger partial charge >= 0.3 is 0 Å². The molecule has 0 unspecified atom stereocenters. The minimum absolute atomic E-state index is 0. The minimum atomic E-state index is 0. The molecule has 0 aliphatic heterocycles. The van der Waals surface area contributed by atoms with Crippen molar-refractivity contribution in [2.24, 2.45) is 4.99 Å². The van der Waals surface area contributed by atoms with Crippen molar-refractivity contribution in [3.05, 3.63) is 42.5 Å². The number of likely N-dealkylation sites (N-methyl/N-ethyl adjacent to an activating group) is 1. The highest BCUT2D eigenvalue weighted by Crippen LogP contribution is 2.14. The van der Waals surface area contributed by atoms with Crippen molar-refractivity contribution in [3.8, 4) is 0 Å². The van der Waals surface area contributed by atoms with E-state index < -0.39 is 0 Å². The molecule has 1 aromatic carbocycles. The maximum absolute atomic E-state index is 4.30. The predicted octanol–water partition coefficient (Wildman–Crippen LogP) is 2.68. The molecular weight excluding hydrogens is 453 g/mol. The Labute approximate surface area is 179 Å². The average molecular weight is 485 g/mol. The second-order valence-electron chi connectivity index (χ2n) is 6.25. The SMILES string of the molecule is CCN(CCNC(=NC)NCCCCn1cnnc1)c1cccc(C)c1.I. The lowest BCUT2D eigenvalue weighted by Gasteiger charge is -2.24. The van der Waals surface area contributed by atoms with Crippen molar-refractivity contribution in [1.82, 2.24) is 25.4 Å². The summed E-state index contributed by atoms with van der Waals surface area (Å²) >= 11 is 0. The molecule has 0 saturated heterocycles. The summed E-state index contributed by atoms with van der Waals surface area (Å²) in [6.45, 7) is 8.94. The number of nitrogens with one attached hydrogen (secondary N) is 2. The van der Waals surface area contributed by atoms with Crippen LogP contribution in [-0.4, -0.2) is 54.0 Å². The van der Waals surface area contributed by atoms with Gasteiger partial charge in [0.2, 0.25) is 0 Å². The third kappa shape index (κ3) is 8.59.